The molecule has 0 aliphatic rings. The Balaban J connectivity index is 1.97. The zero-order chi connectivity index (χ0) is 22.1. The number of benzene rings is 1. The number of anilines is 1. The van der Waals surface area contributed by atoms with Gasteiger partial charge in [0.25, 0.3) is 11.6 Å². The first-order valence-corrected chi connectivity index (χ1v) is 9.06. The molecule has 2 heterocycles. The summed E-state index contributed by atoms with van der Waals surface area (Å²) in [7, 11) is 0. The second kappa shape index (κ2) is 7.82. The minimum Gasteiger partial charge on any atom is -0.318 e. The van der Waals surface area contributed by atoms with Gasteiger partial charge in [0.2, 0.25) is 5.43 Å². The van der Waals surface area contributed by atoms with Crippen LogP contribution in [0.2, 0.25) is 0 Å². The summed E-state index contributed by atoms with van der Waals surface area (Å²) < 4.78 is 1.20. The van der Waals surface area contributed by atoms with Crippen LogP contribution < -0.4 is 10.7 Å². The summed E-state index contributed by atoms with van der Waals surface area (Å²) in [6.45, 7) is 7.46. The maximum Gasteiger partial charge on any atom is 0.294 e. The zero-order valence-electron chi connectivity index (χ0n) is 16.9. The number of nitrogens with one attached hydrogen (secondary N) is 1. The van der Waals surface area contributed by atoms with Gasteiger partial charge in [-0.05, 0) is 13.0 Å². The van der Waals surface area contributed by atoms with Crippen LogP contribution in [0.3, 0.4) is 0 Å². The first-order valence-electron chi connectivity index (χ1n) is 9.06. The number of nitrogens with zero attached hydrogens (tertiary/aromatic N) is 5. The van der Waals surface area contributed by atoms with Crippen molar-refractivity contribution in [1.29, 1.82) is 0 Å². The van der Waals surface area contributed by atoms with Gasteiger partial charge in [-0.2, -0.15) is 5.10 Å². The molecular formula is C20H20N6O4. The third-order valence-electron chi connectivity index (χ3n) is 4.21. The summed E-state index contributed by atoms with van der Waals surface area (Å²) in [5, 5.41) is 18.0. The summed E-state index contributed by atoms with van der Waals surface area (Å²) >= 11 is 0. The maximum absolute atomic E-state index is 12.7. The molecule has 0 unspecified atom stereocenters. The van der Waals surface area contributed by atoms with Gasteiger partial charge in [-0.1, -0.05) is 32.9 Å². The molecule has 1 N–H and O–H groups in total. The number of aromatic nitrogens is 4. The Bertz CT molecular complexity index is 1180. The number of carbonyl (C=O) groups is 1. The number of carbonyl (C=O) groups excluding carboxylic acids is 1. The summed E-state index contributed by atoms with van der Waals surface area (Å²) in [6, 6.07) is 7.15. The van der Waals surface area contributed by atoms with Crippen LogP contribution in [0.1, 0.15) is 42.8 Å². The third kappa shape index (κ3) is 4.22. The van der Waals surface area contributed by atoms with Crippen molar-refractivity contribution in [2.75, 3.05) is 5.32 Å². The quantitative estimate of drug-likeness (QED) is 0.518. The lowest BCUT2D eigenvalue weighted by atomic mass is 9.96. The van der Waals surface area contributed by atoms with E-state index in [4.69, 9.17) is 0 Å². The second-order valence-electron chi connectivity index (χ2n) is 7.66. The van der Waals surface area contributed by atoms with Crippen LogP contribution in [-0.4, -0.2) is 30.6 Å². The lowest BCUT2D eigenvalue weighted by Crippen LogP contribution is -2.27. The van der Waals surface area contributed by atoms with E-state index in [9.17, 15) is 19.7 Å². The van der Waals surface area contributed by atoms with Crippen LogP contribution >= 0.6 is 0 Å². The molecule has 3 rings (SSSR count). The van der Waals surface area contributed by atoms with E-state index in [2.05, 4.69) is 20.4 Å². The Morgan fingerprint density at radius 1 is 1.17 bits per heavy atom. The van der Waals surface area contributed by atoms with E-state index in [0.717, 1.165) is 0 Å². The van der Waals surface area contributed by atoms with Gasteiger partial charge in [-0.15, -0.1) is 0 Å². The molecule has 0 saturated heterocycles. The predicted octanol–water partition coefficient (Wildman–Crippen LogP) is 2.79. The van der Waals surface area contributed by atoms with Crippen molar-refractivity contribution in [3.05, 3.63) is 80.3 Å². The van der Waals surface area contributed by atoms with Crippen molar-refractivity contribution in [2.45, 2.75) is 33.1 Å². The summed E-state index contributed by atoms with van der Waals surface area (Å²) in [4.78, 5) is 44.2. The van der Waals surface area contributed by atoms with Crippen molar-refractivity contribution in [3.63, 3.8) is 0 Å². The predicted molar refractivity (Wildman–Crippen MR) is 110 cm³/mol. The maximum atomic E-state index is 12.7. The van der Waals surface area contributed by atoms with E-state index in [0.29, 0.717) is 17.2 Å². The Labute approximate surface area is 171 Å². The van der Waals surface area contributed by atoms with E-state index < -0.39 is 22.0 Å². The number of amides is 1. The van der Waals surface area contributed by atoms with Crippen molar-refractivity contribution in [3.8, 4) is 5.69 Å². The number of rotatable bonds is 4. The number of nitro benzene ring substituents is 1. The Morgan fingerprint density at radius 3 is 2.40 bits per heavy atom. The Morgan fingerprint density at radius 2 is 1.80 bits per heavy atom. The number of hydrogen-bond donors (Lipinski definition) is 1. The van der Waals surface area contributed by atoms with Crippen LogP contribution in [0.4, 0.5) is 11.4 Å². The molecular weight excluding hydrogens is 388 g/mol. The van der Waals surface area contributed by atoms with Gasteiger partial charge >= 0.3 is 0 Å². The normalized spacial score (nSPS) is 11.2. The second-order valence-corrected chi connectivity index (χ2v) is 7.66. The molecule has 0 aliphatic carbocycles. The standard InChI is InChI=1S/C20H20N6O4/c1-12-9-16(27)17(24-25(12)14-7-5-6-8-15(14)26(29)30)18(28)23-13-10-21-19(22-11-13)20(2,3)4/h5-11H,1-4H3,(H,23,28). The largest absolute Gasteiger partial charge is 0.318 e. The van der Waals surface area contributed by atoms with Crippen molar-refractivity contribution < 1.29 is 9.72 Å². The van der Waals surface area contributed by atoms with E-state index in [1.54, 1.807) is 13.0 Å². The fourth-order valence-electron chi connectivity index (χ4n) is 2.72. The Kier molecular flexibility index (Phi) is 5.41. The smallest absolute Gasteiger partial charge is 0.294 e. The van der Waals surface area contributed by atoms with E-state index >= 15 is 0 Å². The van der Waals surface area contributed by atoms with Crippen LogP contribution in [0, 0.1) is 17.0 Å². The molecule has 0 radical (unpaired) electrons. The fourth-order valence-corrected chi connectivity index (χ4v) is 2.72. The highest BCUT2D eigenvalue weighted by Crippen LogP contribution is 2.22. The summed E-state index contributed by atoms with van der Waals surface area (Å²) in [5.41, 5.74) is -0.665. The fraction of sp³-hybridized carbons (Fsp3) is 0.250. The van der Waals surface area contributed by atoms with E-state index in [1.807, 2.05) is 20.8 Å². The summed E-state index contributed by atoms with van der Waals surface area (Å²) in [5.74, 6) is -0.160. The highest BCUT2D eigenvalue weighted by molar-refractivity contribution is 6.02. The van der Waals surface area contributed by atoms with Gasteiger partial charge in [-0.3, -0.25) is 19.7 Å². The molecule has 1 amide bonds. The molecule has 30 heavy (non-hydrogen) atoms. The highest BCUT2D eigenvalue weighted by Gasteiger charge is 2.21. The first kappa shape index (κ1) is 20.8. The average molecular weight is 408 g/mol. The average Bonchev–Trinajstić information content (AvgIpc) is 2.67. The van der Waals surface area contributed by atoms with Gasteiger partial charge in [-0.25, -0.2) is 14.6 Å². The topological polar surface area (TPSA) is 133 Å². The molecule has 154 valence electrons. The lowest BCUT2D eigenvalue weighted by Gasteiger charge is -2.16. The lowest BCUT2D eigenvalue weighted by molar-refractivity contribution is -0.384. The van der Waals surface area contributed by atoms with Crippen molar-refractivity contribution in [2.24, 2.45) is 0 Å². The van der Waals surface area contributed by atoms with Gasteiger partial charge in [0.05, 0.1) is 23.0 Å². The van der Waals surface area contributed by atoms with Crippen LogP contribution in [0.25, 0.3) is 5.69 Å². The molecule has 0 atom stereocenters. The monoisotopic (exact) mass is 408 g/mol. The third-order valence-corrected chi connectivity index (χ3v) is 4.21. The minimum absolute atomic E-state index is 0.145. The number of para-hydroxylation sites is 2. The molecule has 10 heteroatoms. The molecule has 0 bridgehead atoms. The molecule has 0 spiro atoms. The minimum atomic E-state index is -0.764. The first-order chi connectivity index (χ1) is 14.1. The molecule has 10 nitrogen and oxygen atoms in total. The number of aryl methyl sites for hydroxylation is 1. The SMILES string of the molecule is Cc1cc(=O)c(C(=O)Nc2cnc(C(C)(C)C)nc2)nn1-c1ccccc1[N+](=O)[O-]. The van der Waals surface area contributed by atoms with Gasteiger partial charge in [0.1, 0.15) is 11.5 Å². The molecule has 1 aromatic carbocycles. The molecule has 3 aromatic rings. The zero-order valence-corrected chi connectivity index (χ0v) is 16.9. The highest BCUT2D eigenvalue weighted by atomic mass is 16.6. The number of nitro groups is 1. The Hall–Kier alpha value is -3.95. The van der Waals surface area contributed by atoms with Crippen molar-refractivity contribution in [1.82, 2.24) is 19.7 Å². The van der Waals surface area contributed by atoms with Crippen molar-refractivity contribution >= 4 is 17.3 Å². The van der Waals surface area contributed by atoms with E-state index in [1.165, 1.54) is 41.3 Å². The van der Waals surface area contributed by atoms with Crippen LogP contribution in [0.15, 0.2) is 47.5 Å². The van der Waals surface area contributed by atoms with E-state index in [-0.39, 0.29) is 16.8 Å². The number of hydrogen-bond acceptors (Lipinski definition) is 7. The van der Waals surface area contributed by atoms with Gasteiger partial charge < -0.3 is 5.32 Å². The summed E-state index contributed by atoms with van der Waals surface area (Å²) in [6.07, 6.45) is 2.89. The molecule has 0 saturated carbocycles. The van der Waals surface area contributed by atoms with Crippen LogP contribution in [-0.2, 0) is 5.41 Å². The molecule has 0 aliphatic heterocycles. The molecule has 2 aromatic heterocycles. The van der Waals surface area contributed by atoms with Gasteiger partial charge in [0, 0.05) is 23.2 Å². The van der Waals surface area contributed by atoms with Gasteiger partial charge in [0.15, 0.2) is 5.69 Å². The van der Waals surface area contributed by atoms with Crippen LogP contribution in [0.5, 0.6) is 0 Å². The molecule has 0 fully saturated rings.